The molecule has 0 aromatic carbocycles. The van der Waals surface area contributed by atoms with E-state index in [1.165, 1.54) is 25.4 Å². The van der Waals surface area contributed by atoms with Crippen molar-refractivity contribution < 1.29 is 18.3 Å². The van der Waals surface area contributed by atoms with Crippen LogP contribution in [0.4, 0.5) is 0 Å². The van der Waals surface area contributed by atoms with Gasteiger partial charge in [0, 0.05) is 19.9 Å². The van der Waals surface area contributed by atoms with Crippen LogP contribution in [-0.2, 0) is 14.8 Å². The van der Waals surface area contributed by atoms with Gasteiger partial charge in [0.1, 0.15) is 10.0 Å². The molecule has 8 heteroatoms. The minimum absolute atomic E-state index is 0.0353. The first-order chi connectivity index (χ1) is 8.45. The molecule has 0 saturated heterocycles. The van der Waals surface area contributed by atoms with Gasteiger partial charge in [-0.25, -0.2) is 18.1 Å². The maximum Gasteiger partial charge on any atom is 0.242 e. The van der Waals surface area contributed by atoms with Crippen molar-refractivity contribution in [3.63, 3.8) is 0 Å². The molecule has 1 aromatic heterocycles. The number of aliphatic hydroxyl groups excluding tert-OH is 1. The maximum absolute atomic E-state index is 11.8. The molecule has 0 aliphatic rings. The van der Waals surface area contributed by atoms with E-state index in [0.29, 0.717) is 0 Å². The van der Waals surface area contributed by atoms with Crippen LogP contribution in [-0.4, -0.2) is 44.9 Å². The van der Waals surface area contributed by atoms with Gasteiger partial charge in [-0.15, -0.1) is 0 Å². The van der Waals surface area contributed by atoms with Gasteiger partial charge in [-0.05, 0) is 18.6 Å². The molecule has 0 spiro atoms. The molecule has 1 atom stereocenters. The Bertz CT molecular complexity index is 463. The van der Waals surface area contributed by atoms with E-state index in [0.717, 1.165) is 0 Å². The van der Waals surface area contributed by atoms with Crippen molar-refractivity contribution in [1.82, 2.24) is 9.71 Å². The monoisotopic (exact) mass is 294 g/mol. The first kappa shape index (κ1) is 15.3. The average Bonchev–Trinajstić information content (AvgIpc) is 2.29. The van der Waals surface area contributed by atoms with Crippen LogP contribution in [0.5, 0.6) is 0 Å². The van der Waals surface area contributed by atoms with E-state index < -0.39 is 16.1 Å². The summed E-state index contributed by atoms with van der Waals surface area (Å²) < 4.78 is 30.6. The molecule has 0 aliphatic heterocycles. The van der Waals surface area contributed by atoms with Crippen molar-refractivity contribution in [2.45, 2.75) is 17.4 Å². The second kappa shape index (κ2) is 7.01. The van der Waals surface area contributed by atoms with Crippen LogP contribution in [0.1, 0.15) is 6.42 Å². The lowest BCUT2D eigenvalue weighted by atomic mass is 10.3. The molecule has 0 bridgehead atoms. The van der Waals surface area contributed by atoms with Crippen LogP contribution >= 0.6 is 11.6 Å². The van der Waals surface area contributed by atoms with Crippen molar-refractivity contribution >= 4 is 21.6 Å². The number of ether oxygens (including phenoxy) is 1. The molecule has 0 saturated carbocycles. The summed E-state index contributed by atoms with van der Waals surface area (Å²) in [7, 11) is -2.15. The summed E-state index contributed by atoms with van der Waals surface area (Å²) in [5.41, 5.74) is 0. The predicted octanol–water partition coefficient (Wildman–Crippen LogP) is 0.411. The second-order valence-corrected chi connectivity index (χ2v) is 5.77. The smallest absolute Gasteiger partial charge is 0.242 e. The minimum Gasteiger partial charge on any atom is -0.391 e. The molecule has 0 amide bonds. The Morgan fingerprint density at radius 3 is 2.83 bits per heavy atom. The van der Waals surface area contributed by atoms with Crippen LogP contribution in [0.3, 0.4) is 0 Å². The van der Waals surface area contributed by atoms with Crippen molar-refractivity contribution in [3.8, 4) is 0 Å². The van der Waals surface area contributed by atoms with E-state index in [4.69, 9.17) is 16.3 Å². The first-order valence-electron chi connectivity index (χ1n) is 5.24. The topological polar surface area (TPSA) is 88.5 Å². The third-order valence-electron chi connectivity index (χ3n) is 2.14. The molecule has 102 valence electrons. The van der Waals surface area contributed by atoms with Crippen LogP contribution in [0.25, 0.3) is 0 Å². The number of sulfonamides is 1. The summed E-state index contributed by atoms with van der Waals surface area (Å²) in [6, 6.07) is 2.76. The number of aromatic nitrogens is 1. The first-order valence-corrected chi connectivity index (χ1v) is 7.10. The fourth-order valence-corrected chi connectivity index (χ4v) is 2.34. The zero-order chi connectivity index (χ0) is 13.6. The van der Waals surface area contributed by atoms with Gasteiger partial charge in [0.2, 0.25) is 10.0 Å². The number of hydrogen-bond donors (Lipinski definition) is 2. The van der Waals surface area contributed by atoms with Gasteiger partial charge in [-0.2, -0.15) is 0 Å². The molecular weight excluding hydrogens is 280 g/mol. The zero-order valence-electron chi connectivity index (χ0n) is 9.84. The molecule has 0 fully saturated rings. The molecule has 0 aliphatic carbocycles. The largest absolute Gasteiger partial charge is 0.391 e. The molecule has 1 unspecified atom stereocenters. The average molecular weight is 295 g/mol. The van der Waals surface area contributed by atoms with Crippen LogP contribution in [0, 0.1) is 0 Å². The van der Waals surface area contributed by atoms with E-state index in [1.807, 2.05) is 0 Å². The molecule has 1 rings (SSSR count). The second-order valence-electron chi connectivity index (χ2n) is 3.61. The van der Waals surface area contributed by atoms with Gasteiger partial charge < -0.3 is 9.84 Å². The van der Waals surface area contributed by atoms with Crippen molar-refractivity contribution in [2.24, 2.45) is 0 Å². The molecule has 2 N–H and O–H groups in total. The minimum atomic E-state index is -3.61. The van der Waals surface area contributed by atoms with Crippen molar-refractivity contribution in [3.05, 3.63) is 23.5 Å². The SMILES string of the molecule is COCC(O)CCNS(=O)(=O)c1ccc(Cl)nc1. The van der Waals surface area contributed by atoms with Gasteiger partial charge in [-0.3, -0.25) is 0 Å². The Kier molecular flexibility index (Phi) is 5.97. The van der Waals surface area contributed by atoms with E-state index in [1.54, 1.807) is 0 Å². The zero-order valence-corrected chi connectivity index (χ0v) is 11.4. The Labute approximate surface area is 111 Å². The van der Waals surface area contributed by atoms with Crippen molar-refractivity contribution in [2.75, 3.05) is 20.3 Å². The number of nitrogens with zero attached hydrogens (tertiary/aromatic N) is 1. The molecule has 1 heterocycles. The normalized spacial score (nSPS) is 13.5. The molecule has 1 aromatic rings. The number of halogens is 1. The highest BCUT2D eigenvalue weighted by Crippen LogP contribution is 2.10. The molecular formula is C10H15ClN2O4S. The van der Waals surface area contributed by atoms with Gasteiger partial charge in [-0.1, -0.05) is 11.6 Å². The van der Waals surface area contributed by atoms with E-state index in [9.17, 15) is 13.5 Å². The van der Waals surface area contributed by atoms with E-state index in [-0.39, 0.29) is 29.6 Å². The highest BCUT2D eigenvalue weighted by atomic mass is 35.5. The maximum atomic E-state index is 11.8. The Morgan fingerprint density at radius 1 is 1.56 bits per heavy atom. The number of hydrogen-bond acceptors (Lipinski definition) is 5. The van der Waals surface area contributed by atoms with Crippen LogP contribution in [0.2, 0.25) is 5.15 Å². The van der Waals surface area contributed by atoms with Gasteiger partial charge in [0.25, 0.3) is 0 Å². The summed E-state index contributed by atoms with van der Waals surface area (Å²) in [5, 5.41) is 9.59. The molecule has 18 heavy (non-hydrogen) atoms. The summed E-state index contributed by atoms with van der Waals surface area (Å²) in [4.78, 5) is 3.73. The molecule has 6 nitrogen and oxygen atoms in total. The van der Waals surface area contributed by atoms with Crippen LogP contribution < -0.4 is 4.72 Å². The van der Waals surface area contributed by atoms with Gasteiger partial charge >= 0.3 is 0 Å². The lowest BCUT2D eigenvalue weighted by molar-refractivity contribution is 0.0603. The predicted molar refractivity (Wildman–Crippen MR) is 66.9 cm³/mol. The lowest BCUT2D eigenvalue weighted by Gasteiger charge is -2.10. The van der Waals surface area contributed by atoms with E-state index in [2.05, 4.69) is 9.71 Å². The quantitative estimate of drug-likeness (QED) is 0.711. The number of methoxy groups -OCH3 is 1. The van der Waals surface area contributed by atoms with E-state index >= 15 is 0 Å². The summed E-state index contributed by atoms with van der Waals surface area (Å²) in [6.45, 7) is 0.291. The summed E-state index contributed by atoms with van der Waals surface area (Å²) in [5.74, 6) is 0. The van der Waals surface area contributed by atoms with Crippen molar-refractivity contribution in [1.29, 1.82) is 0 Å². The molecule has 0 radical (unpaired) electrons. The third kappa shape index (κ3) is 4.87. The Hall–Kier alpha value is -0.730. The summed E-state index contributed by atoms with van der Waals surface area (Å²) >= 11 is 5.57. The Morgan fingerprint density at radius 2 is 2.28 bits per heavy atom. The highest BCUT2D eigenvalue weighted by Gasteiger charge is 2.14. The fourth-order valence-electron chi connectivity index (χ4n) is 1.24. The Balaban J connectivity index is 2.52. The standard InChI is InChI=1S/C10H15ClN2O4S/c1-17-7-8(14)4-5-13-18(15,16)9-2-3-10(11)12-6-9/h2-3,6,8,13-14H,4-5,7H2,1H3. The van der Waals surface area contributed by atoms with Crippen LogP contribution in [0.15, 0.2) is 23.2 Å². The van der Waals surface area contributed by atoms with Gasteiger partial charge in [0.05, 0.1) is 12.7 Å². The summed E-state index contributed by atoms with van der Waals surface area (Å²) in [6.07, 6.45) is 0.755. The third-order valence-corrected chi connectivity index (χ3v) is 3.81. The number of nitrogens with one attached hydrogen (secondary N) is 1. The highest BCUT2D eigenvalue weighted by molar-refractivity contribution is 7.89. The number of rotatable bonds is 7. The number of aliphatic hydroxyl groups is 1. The number of pyridine rings is 1. The van der Waals surface area contributed by atoms with Gasteiger partial charge in [0.15, 0.2) is 0 Å². The fraction of sp³-hybridized carbons (Fsp3) is 0.500. The lowest BCUT2D eigenvalue weighted by Crippen LogP contribution is -2.28.